The highest BCUT2D eigenvalue weighted by Gasteiger charge is 2.29. The number of carbonyl (C=O) groups excluding carboxylic acids is 4. The van der Waals surface area contributed by atoms with E-state index in [-0.39, 0.29) is 35.0 Å². The Balaban J connectivity index is 1.81. The lowest BCUT2D eigenvalue weighted by Crippen LogP contribution is -2.41. The van der Waals surface area contributed by atoms with Gasteiger partial charge in [-0.3, -0.25) is 24.1 Å². The smallest absolute Gasteiger partial charge is 0.313 e. The number of hydrogen-bond donors (Lipinski definition) is 3. The first kappa shape index (κ1) is 17.1. The van der Waals surface area contributed by atoms with Gasteiger partial charge in [-0.05, 0) is 18.2 Å². The molecule has 0 radical (unpaired) electrons. The molecule has 1 aliphatic rings. The topological polar surface area (TPSA) is 122 Å². The van der Waals surface area contributed by atoms with E-state index in [1.165, 1.54) is 18.2 Å². The van der Waals surface area contributed by atoms with Gasteiger partial charge in [0, 0.05) is 18.8 Å². The number of halogens is 1. The standard InChI is InChI=1S/C13H13ClN4O4S/c14-8-5-7(1-2-9(8)15)17-12(21)11(20)16-3-4-18-10(19)6-23-13(18)22/h1-2,5H,3-4,6,15H2,(H,16,20)(H,17,21). The van der Waals surface area contributed by atoms with E-state index in [2.05, 4.69) is 10.6 Å². The quantitative estimate of drug-likeness (QED) is 0.538. The zero-order valence-corrected chi connectivity index (χ0v) is 13.4. The molecule has 0 bridgehead atoms. The second-order valence-corrected chi connectivity index (χ2v) is 5.88. The second kappa shape index (κ2) is 7.34. The third kappa shape index (κ3) is 4.36. The number of anilines is 2. The summed E-state index contributed by atoms with van der Waals surface area (Å²) < 4.78 is 0. The average Bonchev–Trinajstić information content (AvgIpc) is 2.82. The molecule has 1 aromatic carbocycles. The summed E-state index contributed by atoms with van der Waals surface area (Å²) in [5.74, 6) is -1.98. The Morgan fingerprint density at radius 3 is 2.65 bits per heavy atom. The summed E-state index contributed by atoms with van der Waals surface area (Å²) >= 11 is 6.72. The van der Waals surface area contributed by atoms with Crippen LogP contribution in [0.25, 0.3) is 0 Å². The van der Waals surface area contributed by atoms with Gasteiger partial charge in [-0.1, -0.05) is 23.4 Å². The van der Waals surface area contributed by atoms with Crippen LogP contribution in [0.15, 0.2) is 18.2 Å². The van der Waals surface area contributed by atoms with E-state index in [1.807, 2.05) is 0 Å². The summed E-state index contributed by atoms with van der Waals surface area (Å²) in [6, 6.07) is 4.42. The van der Waals surface area contributed by atoms with E-state index in [9.17, 15) is 19.2 Å². The van der Waals surface area contributed by atoms with Gasteiger partial charge >= 0.3 is 11.8 Å². The molecule has 4 N–H and O–H groups in total. The average molecular weight is 357 g/mol. The lowest BCUT2D eigenvalue weighted by molar-refractivity contribution is -0.136. The van der Waals surface area contributed by atoms with Crippen LogP contribution in [0, 0.1) is 0 Å². The highest BCUT2D eigenvalue weighted by Crippen LogP contribution is 2.22. The SMILES string of the molecule is Nc1ccc(NC(=O)C(=O)NCCN2C(=O)CSC2=O)cc1Cl. The predicted molar refractivity (Wildman–Crippen MR) is 87.1 cm³/mol. The van der Waals surface area contributed by atoms with Crippen molar-refractivity contribution in [2.24, 2.45) is 0 Å². The third-order valence-electron chi connectivity index (χ3n) is 2.93. The van der Waals surface area contributed by atoms with E-state index in [1.54, 1.807) is 0 Å². The number of imide groups is 1. The molecule has 0 aromatic heterocycles. The molecule has 0 spiro atoms. The number of nitrogen functional groups attached to an aromatic ring is 1. The third-order valence-corrected chi connectivity index (χ3v) is 4.11. The van der Waals surface area contributed by atoms with Crippen molar-refractivity contribution in [2.75, 3.05) is 29.9 Å². The van der Waals surface area contributed by atoms with E-state index in [0.717, 1.165) is 16.7 Å². The lowest BCUT2D eigenvalue weighted by atomic mass is 10.3. The van der Waals surface area contributed by atoms with Crippen molar-refractivity contribution in [3.63, 3.8) is 0 Å². The fourth-order valence-corrected chi connectivity index (χ4v) is 2.68. The van der Waals surface area contributed by atoms with Crippen LogP contribution in [0.5, 0.6) is 0 Å². The van der Waals surface area contributed by atoms with Gasteiger partial charge in [-0.15, -0.1) is 0 Å². The molecule has 0 saturated carbocycles. The zero-order chi connectivity index (χ0) is 17.0. The molecule has 1 heterocycles. The molecule has 10 heteroatoms. The van der Waals surface area contributed by atoms with Crippen molar-refractivity contribution < 1.29 is 19.2 Å². The van der Waals surface area contributed by atoms with Crippen LogP contribution >= 0.6 is 23.4 Å². The maximum Gasteiger partial charge on any atom is 0.313 e. The molecule has 122 valence electrons. The largest absolute Gasteiger partial charge is 0.398 e. The maximum atomic E-state index is 11.7. The number of rotatable bonds is 4. The molecule has 1 saturated heterocycles. The highest BCUT2D eigenvalue weighted by molar-refractivity contribution is 8.14. The zero-order valence-electron chi connectivity index (χ0n) is 11.8. The van der Waals surface area contributed by atoms with Crippen LogP contribution in [-0.4, -0.2) is 46.7 Å². The molecule has 0 aliphatic carbocycles. The molecule has 8 nitrogen and oxygen atoms in total. The summed E-state index contributed by atoms with van der Waals surface area (Å²) in [5.41, 5.74) is 6.22. The lowest BCUT2D eigenvalue weighted by Gasteiger charge is -2.13. The summed E-state index contributed by atoms with van der Waals surface area (Å²) in [5, 5.41) is 4.60. The van der Waals surface area contributed by atoms with Crippen LogP contribution in [0.1, 0.15) is 0 Å². The van der Waals surface area contributed by atoms with Crippen molar-refractivity contribution in [3.8, 4) is 0 Å². The van der Waals surface area contributed by atoms with Crippen molar-refractivity contribution >= 4 is 57.7 Å². The second-order valence-electron chi connectivity index (χ2n) is 4.55. The first-order valence-electron chi connectivity index (χ1n) is 6.50. The van der Waals surface area contributed by atoms with Gasteiger partial charge in [0.15, 0.2) is 0 Å². The highest BCUT2D eigenvalue weighted by atomic mass is 35.5. The number of nitrogens with two attached hydrogens (primary N) is 1. The first-order valence-corrected chi connectivity index (χ1v) is 7.86. The molecule has 1 aromatic rings. The summed E-state index contributed by atoms with van der Waals surface area (Å²) in [4.78, 5) is 47.1. The van der Waals surface area contributed by atoms with E-state index >= 15 is 0 Å². The molecule has 23 heavy (non-hydrogen) atoms. The van der Waals surface area contributed by atoms with E-state index in [0.29, 0.717) is 11.4 Å². The fourth-order valence-electron chi connectivity index (χ4n) is 1.75. The van der Waals surface area contributed by atoms with Crippen molar-refractivity contribution in [3.05, 3.63) is 23.2 Å². The number of thioether (sulfide) groups is 1. The van der Waals surface area contributed by atoms with Gasteiger partial charge < -0.3 is 16.4 Å². The minimum Gasteiger partial charge on any atom is -0.398 e. The van der Waals surface area contributed by atoms with Crippen LogP contribution in [0.3, 0.4) is 0 Å². The Kier molecular flexibility index (Phi) is 5.45. The van der Waals surface area contributed by atoms with Gasteiger partial charge in [-0.2, -0.15) is 0 Å². The number of nitrogens with one attached hydrogen (secondary N) is 2. The predicted octanol–water partition coefficient (Wildman–Crippen LogP) is 0.672. The molecule has 0 unspecified atom stereocenters. The molecular weight excluding hydrogens is 344 g/mol. The van der Waals surface area contributed by atoms with Gasteiger partial charge in [0.25, 0.3) is 5.24 Å². The van der Waals surface area contributed by atoms with Crippen molar-refractivity contribution in [1.82, 2.24) is 10.2 Å². The first-order chi connectivity index (χ1) is 10.9. The number of nitrogens with zero attached hydrogens (tertiary/aromatic N) is 1. The fraction of sp³-hybridized carbons (Fsp3) is 0.231. The van der Waals surface area contributed by atoms with Crippen LogP contribution < -0.4 is 16.4 Å². The van der Waals surface area contributed by atoms with Crippen LogP contribution in [0.4, 0.5) is 16.2 Å². The Morgan fingerprint density at radius 1 is 1.30 bits per heavy atom. The Labute approximate surface area is 140 Å². The molecule has 0 atom stereocenters. The molecule has 1 fully saturated rings. The molecular formula is C13H13ClN4O4S. The molecule has 1 aliphatic heterocycles. The monoisotopic (exact) mass is 356 g/mol. The minimum absolute atomic E-state index is 0.00716. The number of hydrogen-bond acceptors (Lipinski definition) is 6. The number of benzene rings is 1. The van der Waals surface area contributed by atoms with Crippen molar-refractivity contribution in [1.29, 1.82) is 0 Å². The van der Waals surface area contributed by atoms with E-state index < -0.39 is 11.8 Å². The van der Waals surface area contributed by atoms with Crippen LogP contribution in [-0.2, 0) is 14.4 Å². The van der Waals surface area contributed by atoms with Crippen LogP contribution in [0.2, 0.25) is 5.02 Å². The normalized spacial score (nSPS) is 14.0. The molecule has 2 rings (SSSR count). The minimum atomic E-state index is -0.890. The summed E-state index contributed by atoms with van der Waals surface area (Å²) in [7, 11) is 0. The number of carbonyl (C=O) groups is 4. The summed E-state index contributed by atoms with van der Waals surface area (Å²) in [6.45, 7) is 0.0180. The van der Waals surface area contributed by atoms with Gasteiger partial charge in [0.1, 0.15) is 0 Å². The number of amides is 4. The van der Waals surface area contributed by atoms with Gasteiger partial charge in [-0.25, -0.2) is 0 Å². The maximum absolute atomic E-state index is 11.7. The Morgan fingerprint density at radius 2 is 2.04 bits per heavy atom. The van der Waals surface area contributed by atoms with E-state index in [4.69, 9.17) is 17.3 Å². The Hall–Kier alpha value is -2.26. The molecule has 4 amide bonds. The van der Waals surface area contributed by atoms with Gasteiger partial charge in [0.05, 0.1) is 16.5 Å². The summed E-state index contributed by atoms with van der Waals surface area (Å²) in [6.07, 6.45) is 0. The Bertz CT molecular complexity index is 666. The van der Waals surface area contributed by atoms with Crippen molar-refractivity contribution in [2.45, 2.75) is 0 Å². The van der Waals surface area contributed by atoms with Gasteiger partial charge in [0.2, 0.25) is 5.91 Å².